The van der Waals surface area contributed by atoms with Gasteiger partial charge in [0.1, 0.15) is 5.54 Å². The lowest BCUT2D eigenvalue weighted by Crippen LogP contribution is -2.63. The third kappa shape index (κ3) is 4.07. The summed E-state index contributed by atoms with van der Waals surface area (Å²) in [4.78, 5) is 13.4. The highest BCUT2D eigenvalue weighted by Crippen LogP contribution is 2.59. The molecule has 1 heterocycles. The van der Waals surface area contributed by atoms with Crippen LogP contribution in [0.15, 0.2) is 29.2 Å². The Labute approximate surface area is 215 Å². The molecule has 1 aromatic carbocycles. The zero-order valence-electron chi connectivity index (χ0n) is 20.9. The molecular formula is C26H32F3N3O4S. The lowest BCUT2D eigenvalue weighted by atomic mass is 9.48. The van der Waals surface area contributed by atoms with E-state index in [2.05, 4.69) is 11.4 Å². The molecule has 4 aliphatic carbocycles. The fraction of sp³-hybridized carbons (Fsp3) is 0.692. The van der Waals surface area contributed by atoms with Crippen molar-refractivity contribution in [2.45, 2.75) is 87.0 Å². The number of halogens is 3. The van der Waals surface area contributed by atoms with Gasteiger partial charge in [-0.1, -0.05) is 12.1 Å². The van der Waals surface area contributed by atoms with E-state index in [9.17, 15) is 36.8 Å². The van der Waals surface area contributed by atoms with E-state index < -0.39 is 32.9 Å². The summed E-state index contributed by atoms with van der Waals surface area (Å²) in [6.07, 6.45) is 0.257. The standard InChI is InChI=1S/C26H32F3N3O4S/c1-23(22(33)31-21-17-10-16-11-18(21)14-25(12-16,13-17)15-30)8-3-9-32(23)37(35,36)20-6-4-19(5-7-20)24(2,34)26(27,28)29/h4-7,16-18,21,34H,3,8-14H2,1-2H3,(H,31,33)/t16?,17-,18+,21?,23-,24?,25?/m1/s1. The molecule has 5 aliphatic rings. The summed E-state index contributed by atoms with van der Waals surface area (Å²) in [5.41, 5.74) is -5.23. The van der Waals surface area contributed by atoms with Gasteiger partial charge in [0, 0.05) is 12.6 Å². The van der Waals surface area contributed by atoms with Crippen LogP contribution < -0.4 is 5.32 Å². The zero-order valence-corrected chi connectivity index (χ0v) is 21.7. The fourth-order valence-electron chi connectivity index (χ4n) is 7.50. The Balaban J connectivity index is 1.36. The van der Waals surface area contributed by atoms with Crippen molar-refractivity contribution >= 4 is 15.9 Å². The highest BCUT2D eigenvalue weighted by molar-refractivity contribution is 7.89. The molecule has 2 N–H and O–H groups in total. The van der Waals surface area contributed by atoms with Gasteiger partial charge < -0.3 is 10.4 Å². The predicted molar refractivity (Wildman–Crippen MR) is 127 cm³/mol. The van der Waals surface area contributed by atoms with Gasteiger partial charge in [0.05, 0.1) is 16.4 Å². The molecule has 0 aromatic heterocycles. The first-order chi connectivity index (χ1) is 17.1. The van der Waals surface area contributed by atoms with Gasteiger partial charge >= 0.3 is 6.18 Å². The van der Waals surface area contributed by atoms with Crippen molar-refractivity contribution < 1.29 is 31.5 Å². The first-order valence-corrected chi connectivity index (χ1v) is 14.2. The average Bonchev–Trinajstić information content (AvgIpc) is 3.24. The lowest BCUT2D eigenvalue weighted by molar-refractivity contribution is -0.258. The molecule has 4 saturated carbocycles. The Morgan fingerprint density at radius 1 is 1.16 bits per heavy atom. The number of nitrogens with one attached hydrogen (secondary N) is 1. The molecule has 5 fully saturated rings. The Morgan fingerprint density at radius 3 is 2.30 bits per heavy atom. The van der Waals surface area contributed by atoms with Crippen molar-refractivity contribution in [3.8, 4) is 6.07 Å². The highest BCUT2D eigenvalue weighted by atomic mass is 32.2. The van der Waals surface area contributed by atoms with E-state index in [1.54, 1.807) is 6.92 Å². The molecule has 7 nitrogen and oxygen atoms in total. The molecule has 1 aromatic rings. The van der Waals surface area contributed by atoms with Crippen LogP contribution in [0.5, 0.6) is 0 Å². The second-order valence-electron chi connectivity index (χ2n) is 11.9. The van der Waals surface area contributed by atoms with Crippen LogP contribution in [-0.2, 0) is 20.4 Å². The van der Waals surface area contributed by atoms with E-state index in [-0.39, 0.29) is 40.6 Å². The summed E-state index contributed by atoms with van der Waals surface area (Å²) < 4.78 is 67.8. The zero-order chi connectivity index (χ0) is 27.0. The number of aliphatic hydroxyl groups is 1. The van der Waals surface area contributed by atoms with Crippen LogP contribution in [-0.4, -0.2) is 48.0 Å². The SMILES string of the molecule is CC(O)(c1ccc(S(=O)(=O)N2CCC[C@]2(C)C(=O)NC2[C@@H]3CC4C[C@H]2CC(C#N)(C4)C3)cc1)C(F)(F)F. The Kier molecular flexibility index (Phi) is 6.02. The fourth-order valence-corrected chi connectivity index (χ4v) is 9.31. The van der Waals surface area contributed by atoms with Crippen LogP contribution in [0, 0.1) is 34.5 Å². The number of hydrogen-bond donors (Lipinski definition) is 2. The van der Waals surface area contributed by atoms with E-state index in [1.165, 1.54) is 0 Å². The van der Waals surface area contributed by atoms with Crippen molar-refractivity contribution in [1.82, 2.24) is 9.62 Å². The number of alkyl halides is 3. The van der Waals surface area contributed by atoms with Crippen molar-refractivity contribution in [2.75, 3.05) is 6.54 Å². The largest absolute Gasteiger partial charge is 0.421 e. The van der Waals surface area contributed by atoms with Gasteiger partial charge in [0.2, 0.25) is 15.9 Å². The van der Waals surface area contributed by atoms with Crippen LogP contribution in [0.2, 0.25) is 0 Å². The lowest BCUT2D eigenvalue weighted by Gasteiger charge is -2.58. The van der Waals surface area contributed by atoms with Gasteiger partial charge in [-0.3, -0.25) is 4.79 Å². The van der Waals surface area contributed by atoms with Gasteiger partial charge in [0.25, 0.3) is 0 Å². The molecule has 1 saturated heterocycles. The maximum absolute atomic E-state index is 13.7. The third-order valence-corrected chi connectivity index (χ3v) is 11.5. The number of hydrogen-bond acceptors (Lipinski definition) is 5. The van der Waals surface area contributed by atoms with Crippen molar-refractivity contribution in [2.24, 2.45) is 23.2 Å². The first kappa shape index (κ1) is 26.4. The topological polar surface area (TPSA) is 110 Å². The molecule has 37 heavy (non-hydrogen) atoms. The number of nitriles is 1. The molecular weight excluding hydrogens is 507 g/mol. The summed E-state index contributed by atoms with van der Waals surface area (Å²) in [5.74, 6) is 0.553. The van der Waals surface area contributed by atoms with E-state index >= 15 is 0 Å². The predicted octanol–water partition coefficient (Wildman–Crippen LogP) is 3.83. The Hall–Kier alpha value is -2.16. The molecule has 1 amide bonds. The normalized spacial score (nSPS) is 37.2. The van der Waals surface area contributed by atoms with Crippen molar-refractivity contribution in [3.05, 3.63) is 29.8 Å². The minimum absolute atomic E-state index is 0.0867. The van der Waals surface area contributed by atoms with Crippen molar-refractivity contribution in [3.63, 3.8) is 0 Å². The smallest absolute Gasteiger partial charge is 0.376 e. The number of carbonyl (C=O) groups is 1. The maximum atomic E-state index is 13.7. The summed E-state index contributed by atoms with van der Waals surface area (Å²) in [5, 5.41) is 22.8. The van der Waals surface area contributed by atoms with Crippen LogP contribution >= 0.6 is 0 Å². The van der Waals surface area contributed by atoms with Gasteiger partial charge in [-0.2, -0.15) is 22.7 Å². The van der Waals surface area contributed by atoms with E-state index in [4.69, 9.17) is 0 Å². The Morgan fingerprint density at radius 2 is 1.76 bits per heavy atom. The van der Waals surface area contributed by atoms with E-state index in [1.807, 2.05) is 0 Å². The van der Waals surface area contributed by atoms with Crippen LogP contribution in [0.1, 0.15) is 64.4 Å². The summed E-state index contributed by atoms with van der Waals surface area (Å²) in [6.45, 7) is 2.33. The minimum Gasteiger partial charge on any atom is -0.376 e. The monoisotopic (exact) mass is 539 g/mol. The molecule has 4 bridgehead atoms. The second-order valence-corrected chi connectivity index (χ2v) is 13.8. The van der Waals surface area contributed by atoms with E-state index in [0.29, 0.717) is 25.7 Å². The highest BCUT2D eigenvalue weighted by Gasteiger charge is 2.58. The van der Waals surface area contributed by atoms with Crippen LogP contribution in [0.25, 0.3) is 0 Å². The number of benzene rings is 1. The molecule has 202 valence electrons. The number of sulfonamides is 1. The van der Waals surface area contributed by atoms with E-state index in [0.717, 1.165) is 60.7 Å². The number of carbonyl (C=O) groups excluding carboxylic acids is 1. The van der Waals surface area contributed by atoms with Gasteiger partial charge in [0.15, 0.2) is 5.60 Å². The summed E-state index contributed by atoms with van der Waals surface area (Å²) in [7, 11) is -4.20. The van der Waals surface area contributed by atoms with Crippen molar-refractivity contribution in [1.29, 1.82) is 5.26 Å². The summed E-state index contributed by atoms with van der Waals surface area (Å²) in [6, 6.07) is 6.44. The minimum atomic E-state index is -4.93. The third-order valence-electron chi connectivity index (χ3n) is 9.43. The molecule has 6 rings (SSSR count). The van der Waals surface area contributed by atoms with Crippen LogP contribution in [0.4, 0.5) is 13.2 Å². The molecule has 7 atom stereocenters. The van der Waals surface area contributed by atoms with Gasteiger partial charge in [-0.25, -0.2) is 8.42 Å². The van der Waals surface area contributed by atoms with Gasteiger partial charge in [-0.05, 0) is 94.2 Å². The number of rotatable bonds is 5. The quantitative estimate of drug-likeness (QED) is 0.591. The van der Waals surface area contributed by atoms with Crippen LogP contribution in [0.3, 0.4) is 0 Å². The molecule has 1 aliphatic heterocycles. The number of amides is 1. The molecule has 0 radical (unpaired) electrons. The maximum Gasteiger partial charge on any atom is 0.421 e. The molecule has 11 heteroatoms. The molecule has 4 unspecified atom stereocenters. The number of nitrogens with zero attached hydrogens (tertiary/aromatic N) is 2. The Bertz CT molecular complexity index is 1230. The van der Waals surface area contributed by atoms with Gasteiger partial charge in [-0.15, -0.1) is 0 Å². The summed E-state index contributed by atoms with van der Waals surface area (Å²) >= 11 is 0. The average molecular weight is 540 g/mol. The second kappa shape index (κ2) is 8.42. The molecule has 0 spiro atoms. The first-order valence-electron chi connectivity index (χ1n) is 12.8.